The zero-order valence-corrected chi connectivity index (χ0v) is 8.77. The van der Waals surface area contributed by atoms with Crippen LogP contribution in [0.4, 0.5) is 0 Å². The zero-order valence-electron chi connectivity index (χ0n) is 8.77. The van der Waals surface area contributed by atoms with Gasteiger partial charge in [0.25, 0.3) is 0 Å². The molecule has 2 heteroatoms. The van der Waals surface area contributed by atoms with Crippen LogP contribution in [-0.4, -0.2) is 18.0 Å². The van der Waals surface area contributed by atoms with Crippen LogP contribution in [0.3, 0.4) is 0 Å². The van der Waals surface area contributed by atoms with Crippen molar-refractivity contribution in [3.8, 4) is 6.07 Å². The lowest BCUT2D eigenvalue weighted by atomic mass is 10.1. The first-order chi connectivity index (χ1) is 6.77. The molecule has 0 N–H and O–H groups in total. The van der Waals surface area contributed by atoms with Gasteiger partial charge in [-0.25, -0.2) is 0 Å². The highest BCUT2D eigenvalue weighted by molar-refractivity contribution is 5.14. The molecule has 0 aliphatic carbocycles. The molecule has 0 aliphatic heterocycles. The second-order valence-corrected chi connectivity index (χ2v) is 3.45. The van der Waals surface area contributed by atoms with E-state index < -0.39 is 0 Å². The van der Waals surface area contributed by atoms with Crippen LogP contribution >= 0.6 is 0 Å². The van der Waals surface area contributed by atoms with Crippen molar-refractivity contribution in [3.05, 3.63) is 35.9 Å². The highest BCUT2D eigenvalue weighted by Crippen LogP contribution is 2.07. The molecule has 1 unspecified atom stereocenters. The van der Waals surface area contributed by atoms with Crippen molar-refractivity contribution in [1.29, 1.82) is 5.26 Å². The predicted molar refractivity (Wildman–Crippen MR) is 57.6 cm³/mol. The smallest absolute Gasteiger partial charge is 0.0975 e. The third-order valence-electron chi connectivity index (χ3n) is 2.34. The van der Waals surface area contributed by atoms with E-state index in [1.165, 1.54) is 5.56 Å². The van der Waals surface area contributed by atoms with E-state index in [1.54, 1.807) is 0 Å². The summed E-state index contributed by atoms with van der Waals surface area (Å²) >= 11 is 0. The van der Waals surface area contributed by atoms with Gasteiger partial charge in [0.15, 0.2) is 0 Å². The van der Waals surface area contributed by atoms with Gasteiger partial charge in [0, 0.05) is 6.54 Å². The van der Waals surface area contributed by atoms with Crippen LogP contribution in [-0.2, 0) is 6.54 Å². The molecule has 1 aromatic rings. The van der Waals surface area contributed by atoms with Crippen LogP contribution in [0, 0.1) is 11.3 Å². The van der Waals surface area contributed by atoms with E-state index in [0.29, 0.717) is 0 Å². The van der Waals surface area contributed by atoms with Crippen molar-refractivity contribution < 1.29 is 0 Å². The van der Waals surface area contributed by atoms with E-state index in [9.17, 15) is 0 Å². The van der Waals surface area contributed by atoms with Gasteiger partial charge in [-0.05, 0) is 19.0 Å². The van der Waals surface area contributed by atoms with Crippen molar-refractivity contribution in [3.63, 3.8) is 0 Å². The minimum absolute atomic E-state index is 0.0233. The number of hydrogen-bond acceptors (Lipinski definition) is 2. The van der Waals surface area contributed by atoms with Crippen LogP contribution in [0.1, 0.15) is 18.9 Å². The fourth-order valence-corrected chi connectivity index (χ4v) is 1.48. The Kier molecular flexibility index (Phi) is 4.15. The molecule has 2 nitrogen and oxygen atoms in total. The second kappa shape index (κ2) is 5.41. The van der Waals surface area contributed by atoms with Crippen LogP contribution in [0.15, 0.2) is 30.3 Å². The van der Waals surface area contributed by atoms with Crippen molar-refractivity contribution in [2.45, 2.75) is 25.9 Å². The predicted octanol–water partition coefficient (Wildman–Crippen LogP) is 2.42. The summed E-state index contributed by atoms with van der Waals surface area (Å²) in [6.07, 6.45) is 0.875. The minimum atomic E-state index is 0.0233. The molecule has 0 saturated heterocycles. The third kappa shape index (κ3) is 2.86. The quantitative estimate of drug-likeness (QED) is 0.725. The summed E-state index contributed by atoms with van der Waals surface area (Å²) in [4.78, 5) is 2.08. The van der Waals surface area contributed by atoms with Crippen molar-refractivity contribution in [2.75, 3.05) is 7.05 Å². The molecule has 1 aromatic carbocycles. The molecule has 0 fully saturated rings. The molecule has 0 saturated carbocycles. The second-order valence-electron chi connectivity index (χ2n) is 3.45. The van der Waals surface area contributed by atoms with Crippen molar-refractivity contribution >= 4 is 0 Å². The van der Waals surface area contributed by atoms with E-state index in [4.69, 9.17) is 5.26 Å². The van der Waals surface area contributed by atoms with Gasteiger partial charge in [0.2, 0.25) is 0 Å². The lowest BCUT2D eigenvalue weighted by Gasteiger charge is -2.20. The number of benzene rings is 1. The van der Waals surface area contributed by atoms with Crippen LogP contribution < -0.4 is 0 Å². The fraction of sp³-hybridized carbons (Fsp3) is 0.417. The summed E-state index contributed by atoms with van der Waals surface area (Å²) < 4.78 is 0. The summed E-state index contributed by atoms with van der Waals surface area (Å²) in [6, 6.07) is 12.5. The van der Waals surface area contributed by atoms with E-state index >= 15 is 0 Å². The summed E-state index contributed by atoms with van der Waals surface area (Å²) in [5, 5.41) is 8.88. The lowest BCUT2D eigenvalue weighted by molar-refractivity contribution is 0.273. The Labute approximate surface area is 85.8 Å². The van der Waals surface area contributed by atoms with Gasteiger partial charge in [0.1, 0.15) is 0 Å². The van der Waals surface area contributed by atoms with Gasteiger partial charge >= 0.3 is 0 Å². The fourth-order valence-electron chi connectivity index (χ4n) is 1.48. The standard InChI is InChI=1S/C12H16N2/c1-3-12(9-13)14(2)10-11-7-5-4-6-8-11/h4-8,12H,3,10H2,1-2H3. The van der Waals surface area contributed by atoms with Gasteiger partial charge in [-0.2, -0.15) is 5.26 Å². The summed E-state index contributed by atoms with van der Waals surface area (Å²) in [6.45, 7) is 2.88. The van der Waals surface area contributed by atoms with Gasteiger partial charge < -0.3 is 0 Å². The maximum Gasteiger partial charge on any atom is 0.0975 e. The highest BCUT2D eigenvalue weighted by atomic mass is 15.1. The number of nitriles is 1. The topological polar surface area (TPSA) is 27.0 Å². The Bertz CT molecular complexity index is 300. The maximum absolute atomic E-state index is 8.88. The largest absolute Gasteiger partial charge is 0.287 e. The average molecular weight is 188 g/mol. The van der Waals surface area contributed by atoms with Gasteiger partial charge in [-0.1, -0.05) is 37.3 Å². The molecule has 14 heavy (non-hydrogen) atoms. The number of hydrogen-bond donors (Lipinski definition) is 0. The Morgan fingerprint density at radius 2 is 2.00 bits per heavy atom. The third-order valence-corrected chi connectivity index (χ3v) is 2.34. The maximum atomic E-state index is 8.88. The van der Waals surface area contributed by atoms with E-state index in [2.05, 4.69) is 23.1 Å². The molecule has 0 heterocycles. The van der Waals surface area contributed by atoms with E-state index in [-0.39, 0.29) is 6.04 Å². The van der Waals surface area contributed by atoms with Crippen LogP contribution in [0.25, 0.3) is 0 Å². The van der Waals surface area contributed by atoms with Crippen molar-refractivity contribution in [2.24, 2.45) is 0 Å². The molecule has 0 radical (unpaired) electrons. The molecule has 1 rings (SSSR count). The average Bonchev–Trinajstić information content (AvgIpc) is 2.21. The van der Waals surface area contributed by atoms with Gasteiger partial charge in [0.05, 0.1) is 12.1 Å². The Morgan fingerprint density at radius 1 is 1.36 bits per heavy atom. The Morgan fingerprint density at radius 3 is 2.50 bits per heavy atom. The molecule has 0 aromatic heterocycles. The Hall–Kier alpha value is -1.33. The van der Waals surface area contributed by atoms with E-state index in [0.717, 1.165) is 13.0 Å². The summed E-state index contributed by atoms with van der Waals surface area (Å²) in [7, 11) is 1.99. The molecule has 0 spiro atoms. The number of rotatable bonds is 4. The number of nitrogens with zero attached hydrogens (tertiary/aromatic N) is 2. The van der Waals surface area contributed by atoms with E-state index in [1.807, 2.05) is 32.2 Å². The molecular weight excluding hydrogens is 172 g/mol. The molecule has 1 atom stereocenters. The highest BCUT2D eigenvalue weighted by Gasteiger charge is 2.10. The molecule has 0 bridgehead atoms. The first kappa shape index (κ1) is 10.7. The normalized spacial score (nSPS) is 12.4. The van der Waals surface area contributed by atoms with Crippen LogP contribution in [0.2, 0.25) is 0 Å². The first-order valence-electron chi connectivity index (χ1n) is 4.91. The summed E-state index contributed by atoms with van der Waals surface area (Å²) in [5.74, 6) is 0. The Balaban J connectivity index is 2.57. The van der Waals surface area contributed by atoms with Crippen molar-refractivity contribution in [1.82, 2.24) is 4.90 Å². The van der Waals surface area contributed by atoms with Gasteiger partial charge in [-0.3, -0.25) is 4.90 Å². The monoisotopic (exact) mass is 188 g/mol. The lowest BCUT2D eigenvalue weighted by Crippen LogP contribution is -2.29. The van der Waals surface area contributed by atoms with Gasteiger partial charge in [-0.15, -0.1) is 0 Å². The SMILES string of the molecule is CCC(C#N)N(C)Cc1ccccc1. The molecular formula is C12H16N2. The first-order valence-corrected chi connectivity index (χ1v) is 4.91. The molecule has 0 amide bonds. The zero-order chi connectivity index (χ0) is 10.4. The summed E-state index contributed by atoms with van der Waals surface area (Å²) in [5.41, 5.74) is 1.25. The minimum Gasteiger partial charge on any atom is -0.287 e. The van der Waals surface area contributed by atoms with Crippen LogP contribution in [0.5, 0.6) is 0 Å². The molecule has 74 valence electrons. The molecule has 0 aliphatic rings.